The van der Waals surface area contributed by atoms with Crippen LogP contribution in [0.15, 0.2) is 48.5 Å². The second-order valence-corrected chi connectivity index (χ2v) is 5.79. The lowest BCUT2D eigenvalue weighted by Crippen LogP contribution is -2.25. The van der Waals surface area contributed by atoms with Crippen LogP contribution >= 0.6 is 0 Å². The van der Waals surface area contributed by atoms with Crippen molar-refractivity contribution >= 4 is 0 Å². The first-order valence-corrected chi connectivity index (χ1v) is 8.09. The molecule has 2 aromatic carbocycles. The molecule has 0 aliphatic carbocycles. The molecule has 1 aliphatic heterocycles. The molecule has 2 aromatic rings. The Balaban J connectivity index is 1.53. The van der Waals surface area contributed by atoms with E-state index in [2.05, 4.69) is 11.4 Å². The van der Waals surface area contributed by atoms with E-state index in [1.807, 2.05) is 18.2 Å². The fraction of sp³-hybridized carbons (Fsp3) is 0.368. The van der Waals surface area contributed by atoms with Gasteiger partial charge in [-0.1, -0.05) is 30.3 Å². The summed E-state index contributed by atoms with van der Waals surface area (Å²) in [5.41, 5.74) is 2.07. The predicted molar refractivity (Wildman–Crippen MR) is 87.9 cm³/mol. The van der Waals surface area contributed by atoms with Gasteiger partial charge in [-0.2, -0.15) is 0 Å². The Kier molecular flexibility index (Phi) is 5.61. The van der Waals surface area contributed by atoms with Gasteiger partial charge in [0, 0.05) is 25.3 Å². The summed E-state index contributed by atoms with van der Waals surface area (Å²) in [6, 6.07) is 14.4. The summed E-state index contributed by atoms with van der Waals surface area (Å²) in [7, 11) is 0. The molecule has 0 saturated carbocycles. The lowest BCUT2D eigenvalue weighted by Gasteiger charge is -2.14. The molecule has 3 nitrogen and oxygen atoms in total. The standard InChI is InChI=1S/C19H22FNO2/c20-17-9-7-15(8-10-17)14-23-19-6-2-1-4-16(19)12-21-13-18-5-3-11-22-18/h1-2,4,6-10,18,21H,3,5,11-14H2/t18-/m1/s1. The van der Waals surface area contributed by atoms with Crippen LogP contribution in [0.5, 0.6) is 5.75 Å². The van der Waals surface area contributed by atoms with E-state index >= 15 is 0 Å². The molecule has 3 rings (SSSR count). The number of hydrogen-bond donors (Lipinski definition) is 1. The third-order valence-corrected chi connectivity index (χ3v) is 3.99. The van der Waals surface area contributed by atoms with Gasteiger partial charge in [-0.3, -0.25) is 0 Å². The lowest BCUT2D eigenvalue weighted by molar-refractivity contribution is 0.110. The van der Waals surface area contributed by atoms with E-state index in [0.717, 1.165) is 49.4 Å². The lowest BCUT2D eigenvalue weighted by atomic mass is 10.2. The van der Waals surface area contributed by atoms with Gasteiger partial charge in [0.05, 0.1) is 6.10 Å². The number of halogens is 1. The smallest absolute Gasteiger partial charge is 0.124 e. The molecule has 0 unspecified atom stereocenters. The molecule has 0 amide bonds. The Labute approximate surface area is 136 Å². The number of benzene rings is 2. The summed E-state index contributed by atoms with van der Waals surface area (Å²) in [4.78, 5) is 0. The van der Waals surface area contributed by atoms with Crippen molar-refractivity contribution in [3.05, 3.63) is 65.5 Å². The van der Waals surface area contributed by atoms with Crippen molar-refractivity contribution in [3.63, 3.8) is 0 Å². The van der Waals surface area contributed by atoms with Crippen molar-refractivity contribution in [1.29, 1.82) is 0 Å². The molecule has 23 heavy (non-hydrogen) atoms. The molecule has 4 heteroatoms. The summed E-state index contributed by atoms with van der Waals surface area (Å²) in [5.74, 6) is 0.629. The van der Waals surface area contributed by atoms with Crippen LogP contribution in [0, 0.1) is 5.82 Å². The molecule has 0 radical (unpaired) electrons. The zero-order valence-corrected chi connectivity index (χ0v) is 13.1. The van der Waals surface area contributed by atoms with Gasteiger partial charge in [-0.15, -0.1) is 0 Å². The van der Waals surface area contributed by atoms with Gasteiger partial charge in [0.1, 0.15) is 18.2 Å². The second-order valence-electron chi connectivity index (χ2n) is 5.79. The molecule has 0 bridgehead atoms. The Hall–Kier alpha value is -1.91. The monoisotopic (exact) mass is 315 g/mol. The molecule has 122 valence electrons. The van der Waals surface area contributed by atoms with Crippen LogP contribution < -0.4 is 10.1 Å². The Morgan fingerprint density at radius 2 is 1.96 bits per heavy atom. The van der Waals surface area contributed by atoms with Gasteiger partial charge in [-0.25, -0.2) is 4.39 Å². The zero-order valence-electron chi connectivity index (χ0n) is 13.1. The molecule has 1 aliphatic rings. The van der Waals surface area contributed by atoms with Gasteiger partial charge >= 0.3 is 0 Å². The molecule has 1 N–H and O–H groups in total. The Bertz CT molecular complexity index is 609. The minimum absolute atomic E-state index is 0.229. The zero-order chi connectivity index (χ0) is 15.9. The summed E-state index contributed by atoms with van der Waals surface area (Å²) < 4.78 is 24.4. The molecular formula is C19H22FNO2. The fourth-order valence-corrected chi connectivity index (χ4v) is 2.71. The molecule has 1 atom stereocenters. The van der Waals surface area contributed by atoms with E-state index in [9.17, 15) is 4.39 Å². The number of rotatable bonds is 7. The van der Waals surface area contributed by atoms with Crippen LogP contribution in [0.3, 0.4) is 0 Å². The van der Waals surface area contributed by atoms with E-state index in [1.54, 1.807) is 12.1 Å². The number of nitrogens with one attached hydrogen (secondary N) is 1. The van der Waals surface area contributed by atoms with Gasteiger partial charge < -0.3 is 14.8 Å². The maximum absolute atomic E-state index is 12.9. The highest BCUT2D eigenvalue weighted by Gasteiger charge is 2.14. The molecule has 0 aromatic heterocycles. The van der Waals surface area contributed by atoms with Crippen LogP contribution in [0.1, 0.15) is 24.0 Å². The average Bonchev–Trinajstić information content (AvgIpc) is 3.09. The third kappa shape index (κ3) is 4.78. The quantitative estimate of drug-likeness (QED) is 0.845. The largest absolute Gasteiger partial charge is 0.489 e. The Morgan fingerprint density at radius 3 is 2.74 bits per heavy atom. The highest BCUT2D eigenvalue weighted by atomic mass is 19.1. The van der Waals surface area contributed by atoms with Crippen molar-refractivity contribution in [2.75, 3.05) is 13.2 Å². The van der Waals surface area contributed by atoms with Crippen molar-refractivity contribution in [1.82, 2.24) is 5.32 Å². The maximum atomic E-state index is 12.9. The maximum Gasteiger partial charge on any atom is 0.124 e. The number of hydrogen-bond acceptors (Lipinski definition) is 3. The highest BCUT2D eigenvalue weighted by molar-refractivity contribution is 5.33. The molecule has 1 saturated heterocycles. The second kappa shape index (κ2) is 8.09. The van der Waals surface area contributed by atoms with Gasteiger partial charge in [0.25, 0.3) is 0 Å². The van der Waals surface area contributed by atoms with E-state index in [0.29, 0.717) is 12.7 Å². The molecule has 1 fully saturated rings. The highest BCUT2D eigenvalue weighted by Crippen LogP contribution is 2.20. The average molecular weight is 315 g/mol. The molecule has 1 heterocycles. The summed E-state index contributed by atoms with van der Waals surface area (Å²) in [6.07, 6.45) is 2.63. The summed E-state index contributed by atoms with van der Waals surface area (Å²) in [6.45, 7) is 2.93. The first-order valence-electron chi connectivity index (χ1n) is 8.09. The minimum atomic E-state index is -0.229. The van der Waals surface area contributed by atoms with Gasteiger partial charge in [0.2, 0.25) is 0 Å². The fourth-order valence-electron chi connectivity index (χ4n) is 2.71. The predicted octanol–water partition coefficient (Wildman–Crippen LogP) is 3.67. The van der Waals surface area contributed by atoms with E-state index < -0.39 is 0 Å². The van der Waals surface area contributed by atoms with Crippen LogP contribution in [-0.2, 0) is 17.9 Å². The topological polar surface area (TPSA) is 30.5 Å². The normalized spacial score (nSPS) is 17.3. The van der Waals surface area contributed by atoms with Gasteiger partial charge in [-0.05, 0) is 36.6 Å². The van der Waals surface area contributed by atoms with Crippen molar-refractivity contribution in [2.24, 2.45) is 0 Å². The SMILES string of the molecule is Fc1ccc(COc2ccccc2CNC[C@H]2CCCO2)cc1. The van der Waals surface area contributed by atoms with Crippen LogP contribution in [0.4, 0.5) is 4.39 Å². The van der Waals surface area contributed by atoms with Gasteiger partial charge in [0.15, 0.2) is 0 Å². The van der Waals surface area contributed by atoms with E-state index in [-0.39, 0.29) is 5.82 Å². The summed E-state index contributed by atoms with van der Waals surface area (Å²) in [5, 5.41) is 3.44. The first-order chi connectivity index (χ1) is 11.3. The van der Waals surface area contributed by atoms with Crippen LogP contribution in [0.25, 0.3) is 0 Å². The third-order valence-electron chi connectivity index (χ3n) is 3.99. The number of ether oxygens (including phenoxy) is 2. The Morgan fingerprint density at radius 1 is 1.13 bits per heavy atom. The minimum Gasteiger partial charge on any atom is -0.489 e. The van der Waals surface area contributed by atoms with E-state index in [1.165, 1.54) is 12.1 Å². The summed E-state index contributed by atoms with van der Waals surface area (Å²) >= 11 is 0. The van der Waals surface area contributed by atoms with Crippen LogP contribution in [-0.4, -0.2) is 19.3 Å². The van der Waals surface area contributed by atoms with Crippen molar-refractivity contribution in [3.8, 4) is 5.75 Å². The van der Waals surface area contributed by atoms with Crippen LogP contribution in [0.2, 0.25) is 0 Å². The van der Waals surface area contributed by atoms with Crippen molar-refractivity contribution in [2.45, 2.75) is 32.1 Å². The first kappa shape index (κ1) is 16.0. The molecule has 0 spiro atoms. The molecular weight excluding hydrogens is 293 g/mol. The van der Waals surface area contributed by atoms with Crippen molar-refractivity contribution < 1.29 is 13.9 Å². The number of para-hydroxylation sites is 1. The van der Waals surface area contributed by atoms with E-state index in [4.69, 9.17) is 9.47 Å².